The van der Waals surface area contributed by atoms with Crippen LogP contribution in [0.1, 0.15) is 37.7 Å². The highest BCUT2D eigenvalue weighted by Gasteiger charge is 2.54. The molecule has 0 spiro atoms. The van der Waals surface area contributed by atoms with E-state index in [0.29, 0.717) is 31.6 Å². The van der Waals surface area contributed by atoms with E-state index >= 15 is 0 Å². The van der Waals surface area contributed by atoms with Gasteiger partial charge in [0.25, 0.3) is 0 Å². The molecule has 0 aliphatic carbocycles. The van der Waals surface area contributed by atoms with Gasteiger partial charge in [0.05, 0.1) is 25.2 Å². The van der Waals surface area contributed by atoms with E-state index < -0.39 is 24.0 Å². The first-order valence-electron chi connectivity index (χ1n) is 13.1. The van der Waals surface area contributed by atoms with Crippen molar-refractivity contribution >= 4 is 17.6 Å². The van der Waals surface area contributed by atoms with Gasteiger partial charge in [-0.25, -0.2) is 10.4 Å². The van der Waals surface area contributed by atoms with Crippen molar-refractivity contribution in [3.8, 4) is 6.07 Å². The molecule has 2 amide bonds. The molecule has 13 heteroatoms. The van der Waals surface area contributed by atoms with Gasteiger partial charge in [0.2, 0.25) is 11.8 Å². The molecule has 6 rings (SSSR count). The number of nitrogens with zero attached hydrogens (tertiary/aromatic N) is 5. The topological polar surface area (TPSA) is 114 Å². The molecule has 10 nitrogen and oxygen atoms in total. The molecule has 5 aliphatic rings. The van der Waals surface area contributed by atoms with Crippen LogP contribution in [-0.4, -0.2) is 96.3 Å². The molecule has 1 aromatic heterocycles. The summed E-state index contributed by atoms with van der Waals surface area (Å²) >= 11 is 0. The Bertz CT molecular complexity index is 1060. The number of ether oxygens (including phenoxy) is 1. The lowest BCUT2D eigenvalue weighted by molar-refractivity contribution is -0.201. The van der Waals surface area contributed by atoms with Gasteiger partial charge >= 0.3 is 6.18 Å². The number of likely N-dealkylation sites (tertiary alicyclic amines) is 1. The zero-order valence-electron chi connectivity index (χ0n) is 21.0. The number of carbonyl (C=O) groups is 2. The highest BCUT2D eigenvalue weighted by atomic mass is 19.4. The maximum atomic E-state index is 13.6. The third-order valence-electron chi connectivity index (χ3n) is 8.18. The second-order valence-corrected chi connectivity index (χ2v) is 10.4. The number of nitriles is 1. The zero-order valence-corrected chi connectivity index (χ0v) is 21.0. The third kappa shape index (κ3) is 5.43. The molecule has 0 saturated carbocycles. The van der Waals surface area contributed by atoms with E-state index in [1.165, 1.54) is 0 Å². The van der Waals surface area contributed by atoms with Crippen molar-refractivity contribution in [1.82, 2.24) is 25.6 Å². The smallest absolute Gasteiger partial charge is 0.379 e. The number of rotatable bonds is 7. The second-order valence-electron chi connectivity index (χ2n) is 10.4. The van der Waals surface area contributed by atoms with E-state index in [4.69, 9.17) is 10.00 Å². The van der Waals surface area contributed by atoms with Crippen LogP contribution in [0.5, 0.6) is 0 Å². The Labute approximate surface area is 219 Å². The number of alkyl halides is 3. The number of hydrogen-bond donors (Lipinski definition) is 2. The number of piperazine rings is 1. The van der Waals surface area contributed by atoms with Gasteiger partial charge < -0.3 is 14.5 Å². The highest BCUT2D eigenvalue weighted by Crippen LogP contribution is 2.36. The van der Waals surface area contributed by atoms with Crippen LogP contribution < -0.4 is 15.8 Å². The standard InChI is InChI=1S/C25H32F3N7O3/c26-25(27,28)23-20(12-31-32-24(23)37)33-8-1-2-19(33)15-38-9-7-22(36)35-14-17-4-5-18(35)13-34(17)21-6-3-16(10-29)11-30-21/h3,6,11,17-20,23,31H,1-2,4-5,7-9,12-15H2,(H,32,37)/t17?,18?,19-,20?,23?/m0/s1. The van der Waals surface area contributed by atoms with Crippen LogP contribution in [-0.2, 0) is 14.3 Å². The Hall–Kier alpha value is -2.95. The van der Waals surface area contributed by atoms with Crippen LogP contribution in [0.4, 0.5) is 19.0 Å². The first-order valence-corrected chi connectivity index (χ1v) is 13.1. The molecule has 4 unspecified atom stereocenters. The van der Waals surface area contributed by atoms with Crippen LogP contribution in [0.3, 0.4) is 0 Å². The van der Waals surface area contributed by atoms with E-state index in [2.05, 4.69) is 26.8 Å². The van der Waals surface area contributed by atoms with Gasteiger partial charge in [-0.3, -0.25) is 19.9 Å². The van der Waals surface area contributed by atoms with Crippen molar-refractivity contribution in [1.29, 1.82) is 5.26 Å². The van der Waals surface area contributed by atoms with Crippen LogP contribution in [0, 0.1) is 17.2 Å². The summed E-state index contributed by atoms with van der Waals surface area (Å²) in [6.07, 6.45) is 0.455. The largest absolute Gasteiger partial charge is 0.402 e. The summed E-state index contributed by atoms with van der Waals surface area (Å²) in [5.74, 6) is -2.32. The Morgan fingerprint density at radius 1 is 1.21 bits per heavy atom. The minimum absolute atomic E-state index is 0.0113. The number of anilines is 1. The van der Waals surface area contributed by atoms with Crippen molar-refractivity contribution in [3.63, 3.8) is 0 Å². The quantitative estimate of drug-likeness (QED) is 0.501. The minimum Gasteiger partial charge on any atom is -0.379 e. The van der Waals surface area contributed by atoms with Crippen molar-refractivity contribution in [2.75, 3.05) is 44.3 Å². The Morgan fingerprint density at radius 3 is 2.71 bits per heavy atom. The predicted molar refractivity (Wildman–Crippen MR) is 129 cm³/mol. The van der Waals surface area contributed by atoms with E-state index in [-0.39, 0.29) is 50.2 Å². The van der Waals surface area contributed by atoms with Crippen molar-refractivity contribution < 1.29 is 27.5 Å². The zero-order chi connectivity index (χ0) is 26.9. The lowest BCUT2D eigenvalue weighted by Gasteiger charge is -2.52. The van der Waals surface area contributed by atoms with E-state index in [1.54, 1.807) is 17.2 Å². The summed E-state index contributed by atoms with van der Waals surface area (Å²) in [6, 6.07) is 4.70. The van der Waals surface area contributed by atoms with Crippen LogP contribution in [0.2, 0.25) is 0 Å². The Balaban J connectivity index is 1.10. The average Bonchev–Trinajstić information content (AvgIpc) is 3.39. The molecular weight excluding hydrogens is 503 g/mol. The van der Waals surface area contributed by atoms with Crippen LogP contribution >= 0.6 is 0 Å². The fraction of sp³-hybridized carbons (Fsp3) is 0.680. The van der Waals surface area contributed by atoms with Gasteiger partial charge in [-0.15, -0.1) is 0 Å². The number of aromatic nitrogens is 1. The number of halogens is 3. The molecule has 2 N–H and O–H groups in total. The molecule has 38 heavy (non-hydrogen) atoms. The molecule has 206 valence electrons. The molecule has 6 heterocycles. The summed E-state index contributed by atoms with van der Waals surface area (Å²) < 4.78 is 46.6. The molecule has 5 saturated heterocycles. The summed E-state index contributed by atoms with van der Waals surface area (Å²) in [5, 5.41) is 8.99. The molecular formula is C25H32F3N7O3. The molecule has 5 aliphatic heterocycles. The van der Waals surface area contributed by atoms with Gasteiger partial charge in [-0.05, 0) is 44.4 Å². The summed E-state index contributed by atoms with van der Waals surface area (Å²) in [5.41, 5.74) is 5.19. The number of nitrogens with one attached hydrogen (secondary N) is 2. The predicted octanol–water partition coefficient (Wildman–Crippen LogP) is 1.19. The lowest BCUT2D eigenvalue weighted by Crippen LogP contribution is -2.65. The number of hydrogen-bond acceptors (Lipinski definition) is 8. The first kappa shape index (κ1) is 26.6. The monoisotopic (exact) mass is 535 g/mol. The minimum atomic E-state index is -4.63. The van der Waals surface area contributed by atoms with Crippen LogP contribution in [0.15, 0.2) is 18.3 Å². The van der Waals surface area contributed by atoms with Gasteiger partial charge in [0.1, 0.15) is 11.9 Å². The lowest BCUT2D eigenvalue weighted by atomic mass is 9.90. The fourth-order valence-corrected chi connectivity index (χ4v) is 6.32. The molecule has 1 aromatic rings. The summed E-state index contributed by atoms with van der Waals surface area (Å²) in [4.78, 5) is 35.2. The molecule has 0 aromatic carbocycles. The number of carbonyl (C=O) groups excluding carboxylic acids is 2. The third-order valence-corrected chi connectivity index (χ3v) is 8.18. The second kappa shape index (κ2) is 11.0. The number of hydrazine groups is 1. The Morgan fingerprint density at radius 2 is 2.03 bits per heavy atom. The van der Waals surface area contributed by atoms with Gasteiger partial charge in [0, 0.05) is 50.0 Å². The van der Waals surface area contributed by atoms with Gasteiger partial charge in [-0.2, -0.15) is 18.4 Å². The number of pyridine rings is 1. The first-order chi connectivity index (χ1) is 18.3. The van der Waals surface area contributed by atoms with E-state index in [0.717, 1.165) is 25.1 Å². The maximum absolute atomic E-state index is 13.6. The van der Waals surface area contributed by atoms with Crippen LogP contribution in [0.25, 0.3) is 0 Å². The van der Waals surface area contributed by atoms with Crippen molar-refractivity contribution in [3.05, 3.63) is 23.9 Å². The molecule has 0 radical (unpaired) electrons. The number of piperidine rings is 2. The van der Waals surface area contributed by atoms with E-state index in [1.807, 2.05) is 11.0 Å². The maximum Gasteiger partial charge on any atom is 0.402 e. The number of amides is 2. The Kier molecular flexibility index (Phi) is 7.74. The highest BCUT2D eigenvalue weighted by molar-refractivity contribution is 5.80. The van der Waals surface area contributed by atoms with Gasteiger partial charge in [-0.1, -0.05) is 0 Å². The van der Waals surface area contributed by atoms with Crippen molar-refractivity contribution in [2.45, 2.75) is 62.4 Å². The SMILES string of the molecule is N#Cc1ccc(N2CC3CCC2CN3C(=O)CCOC[C@@H]2CCCN2C2CNNC(=O)C2C(F)(F)F)nc1. The summed E-state index contributed by atoms with van der Waals surface area (Å²) in [7, 11) is 0. The van der Waals surface area contributed by atoms with Crippen molar-refractivity contribution in [2.24, 2.45) is 5.92 Å². The van der Waals surface area contributed by atoms with Gasteiger partial charge in [0.15, 0.2) is 5.92 Å². The fourth-order valence-electron chi connectivity index (χ4n) is 6.32. The molecule has 5 fully saturated rings. The normalized spacial score (nSPS) is 29.8. The summed E-state index contributed by atoms with van der Waals surface area (Å²) in [6.45, 7) is 2.20. The van der Waals surface area contributed by atoms with E-state index in [9.17, 15) is 22.8 Å². The average molecular weight is 536 g/mol. The molecule has 2 bridgehead atoms. The number of fused-ring (bicyclic) bond motifs is 3. The molecule has 5 atom stereocenters.